The van der Waals surface area contributed by atoms with E-state index in [-0.39, 0.29) is 6.42 Å². The predicted octanol–water partition coefficient (Wildman–Crippen LogP) is -2.25. The lowest BCUT2D eigenvalue weighted by Gasteiger charge is -2.24. The standard InChI is InChI=1S/C12H21N3O8/c13-4-2-1-3-7(11(20)21)14-10(12(22)23)15(5-8(16)17)6-9(18)19/h7,12,22-23H,1-6,13H2,(H,16,17)(H,18,19)(H,20,21)/t7-/m0/s1. The van der Waals surface area contributed by atoms with Crippen LogP contribution < -0.4 is 5.73 Å². The van der Waals surface area contributed by atoms with E-state index >= 15 is 0 Å². The Morgan fingerprint density at radius 2 is 1.52 bits per heavy atom. The van der Waals surface area contributed by atoms with Crippen LogP contribution >= 0.6 is 0 Å². The first kappa shape index (κ1) is 20.8. The van der Waals surface area contributed by atoms with Gasteiger partial charge in [-0.15, -0.1) is 0 Å². The summed E-state index contributed by atoms with van der Waals surface area (Å²) in [6, 6.07) is -1.37. The molecule has 0 aliphatic heterocycles. The summed E-state index contributed by atoms with van der Waals surface area (Å²) in [7, 11) is 0. The minimum Gasteiger partial charge on any atom is -0.480 e. The first-order chi connectivity index (χ1) is 10.7. The Labute approximate surface area is 131 Å². The molecular formula is C12H21N3O8. The lowest BCUT2D eigenvalue weighted by atomic mass is 10.1. The molecule has 132 valence electrons. The molecule has 0 aromatic carbocycles. The van der Waals surface area contributed by atoms with Gasteiger partial charge in [-0.1, -0.05) is 0 Å². The number of nitrogens with two attached hydrogens (primary N) is 1. The van der Waals surface area contributed by atoms with E-state index in [1.165, 1.54) is 0 Å². The fourth-order valence-electron chi connectivity index (χ4n) is 1.74. The largest absolute Gasteiger partial charge is 0.480 e. The van der Waals surface area contributed by atoms with Crippen LogP contribution in [0.3, 0.4) is 0 Å². The van der Waals surface area contributed by atoms with E-state index < -0.39 is 49.2 Å². The molecule has 0 aliphatic rings. The van der Waals surface area contributed by atoms with Gasteiger partial charge in [0.1, 0.15) is 19.1 Å². The van der Waals surface area contributed by atoms with Crippen LogP contribution in [0.15, 0.2) is 4.99 Å². The third-order valence-corrected chi connectivity index (χ3v) is 2.71. The second kappa shape index (κ2) is 10.5. The lowest BCUT2D eigenvalue weighted by molar-refractivity contribution is -0.140. The number of aliphatic imine (C=N–C) groups is 1. The molecule has 23 heavy (non-hydrogen) atoms. The fraction of sp³-hybridized carbons (Fsp3) is 0.667. The smallest absolute Gasteiger partial charge is 0.328 e. The van der Waals surface area contributed by atoms with Crippen LogP contribution in [0.1, 0.15) is 19.3 Å². The second-order valence-corrected chi connectivity index (χ2v) is 4.64. The van der Waals surface area contributed by atoms with Gasteiger partial charge >= 0.3 is 17.9 Å². The summed E-state index contributed by atoms with van der Waals surface area (Å²) < 4.78 is 0. The number of aliphatic hydroxyl groups excluding tert-OH is 1. The third kappa shape index (κ3) is 8.70. The van der Waals surface area contributed by atoms with Crippen molar-refractivity contribution in [2.45, 2.75) is 31.6 Å². The van der Waals surface area contributed by atoms with Gasteiger partial charge in [-0.05, 0) is 25.8 Å². The zero-order chi connectivity index (χ0) is 18.0. The van der Waals surface area contributed by atoms with Crippen molar-refractivity contribution in [1.29, 1.82) is 0 Å². The van der Waals surface area contributed by atoms with Crippen molar-refractivity contribution < 1.29 is 39.9 Å². The normalized spacial score (nSPS) is 13.0. The van der Waals surface area contributed by atoms with Gasteiger partial charge in [-0.25, -0.2) is 4.79 Å². The molecule has 0 heterocycles. The number of aliphatic carboxylic acids is 3. The van der Waals surface area contributed by atoms with E-state index in [0.29, 0.717) is 24.3 Å². The Bertz CT molecular complexity index is 436. The lowest BCUT2D eigenvalue weighted by Crippen LogP contribution is -2.46. The van der Waals surface area contributed by atoms with Crippen LogP contribution in [0.2, 0.25) is 0 Å². The minimum atomic E-state index is -2.31. The molecule has 7 N–H and O–H groups in total. The van der Waals surface area contributed by atoms with E-state index in [2.05, 4.69) is 4.99 Å². The zero-order valence-corrected chi connectivity index (χ0v) is 12.3. The van der Waals surface area contributed by atoms with Crippen molar-refractivity contribution in [3.63, 3.8) is 0 Å². The number of hydrogen-bond donors (Lipinski definition) is 6. The molecule has 0 amide bonds. The molecule has 1 atom stereocenters. The molecule has 0 radical (unpaired) electrons. The molecular weight excluding hydrogens is 314 g/mol. The summed E-state index contributed by atoms with van der Waals surface area (Å²) in [4.78, 5) is 36.9. The van der Waals surface area contributed by atoms with Gasteiger partial charge < -0.3 is 36.2 Å². The van der Waals surface area contributed by atoms with Gasteiger partial charge in [-0.2, -0.15) is 0 Å². The maximum atomic E-state index is 11.2. The van der Waals surface area contributed by atoms with Gasteiger partial charge in [0.05, 0.1) is 0 Å². The highest BCUT2D eigenvalue weighted by Gasteiger charge is 2.26. The Morgan fingerprint density at radius 1 is 1.00 bits per heavy atom. The summed E-state index contributed by atoms with van der Waals surface area (Å²) in [5, 5.41) is 45.2. The number of carboxylic acids is 3. The van der Waals surface area contributed by atoms with E-state index in [1.807, 2.05) is 0 Å². The maximum absolute atomic E-state index is 11.2. The van der Waals surface area contributed by atoms with E-state index in [0.717, 1.165) is 0 Å². The highest BCUT2D eigenvalue weighted by Crippen LogP contribution is 2.08. The molecule has 0 spiro atoms. The summed E-state index contributed by atoms with van der Waals surface area (Å²) in [6.07, 6.45) is -1.34. The summed E-state index contributed by atoms with van der Waals surface area (Å²) in [6.45, 7) is -1.41. The predicted molar refractivity (Wildman–Crippen MR) is 76.8 cm³/mol. The molecule has 11 nitrogen and oxygen atoms in total. The third-order valence-electron chi connectivity index (χ3n) is 2.71. The molecule has 0 fully saturated rings. The average molecular weight is 335 g/mol. The number of hydrogen-bond acceptors (Lipinski definition) is 7. The van der Waals surface area contributed by atoms with Gasteiger partial charge in [0.15, 0.2) is 5.84 Å². The van der Waals surface area contributed by atoms with Crippen LogP contribution in [0.5, 0.6) is 0 Å². The molecule has 0 rings (SSSR count). The average Bonchev–Trinajstić information content (AvgIpc) is 2.40. The summed E-state index contributed by atoms with van der Waals surface area (Å²) >= 11 is 0. The number of carboxylic acid groups (broad SMARTS) is 3. The van der Waals surface area contributed by atoms with Crippen molar-refractivity contribution >= 4 is 23.7 Å². The van der Waals surface area contributed by atoms with Crippen LogP contribution in [-0.4, -0.2) is 86.1 Å². The SMILES string of the molecule is NCCCC[C@H](N=C(C(O)O)N(CC(=O)O)CC(=O)O)C(=O)O. The Kier molecular flexibility index (Phi) is 9.46. The highest BCUT2D eigenvalue weighted by molar-refractivity contribution is 5.92. The van der Waals surface area contributed by atoms with Gasteiger partial charge in [0.2, 0.25) is 6.29 Å². The minimum absolute atomic E-state index is 0.0384. The number of amidine groups is 1. The number of carbonyl (C=O) groups is 3. The topological polar surface area (TPSA) is 194 Å². The van der Waals surface area contributed by atoms with Crippen molar-refractivity contribution in [2.24, 2.45) is 10.7 Å². The second-order valence-electron chi connectivity index (χ2n) is 4.64. The Balaban J connectivity index is 5.43. The quantitative estimate of drug-likeness (QED) is 0.104. The Morgan fingerprint density at radius 3 is 1.87 bits per heavy atom. The zero-order valence-electron chi connectivity index (χ0n) is 12.3. The van der Waals surface area contributed by atoms with E-state index in [9.17, 15) is 24.6 Å². The van der Waals surface area contributed by atoms with Crippen LogP contribution in [0, 0.1) is 0 Å². The molecule has 0 aromatic heterocycles. The Hall–Kier alpha value is -2.24. The monoisotopic (exact) mass is 335 g/mol. The highest BCUT2D eigenvalue weighted by atomic mass is 16.5. The molecule has 0 saturated heterocycles. The van der Waals surface area contributed by atoms with Crippen LogP contribution in [-0.2, 0) is 14.4 Å². The van der Waals surface area contributed by atoms with Gasteiger partial charge in [0.25, 0.3) is 0 Å². The summed E-state index contributed by atoms with van der Waals surface area (Å²) in [5.41, 5.74) is 5.30. The van der Waals surface area contributed by atoms with E-state index in [4.69, 9.17) is 21.1 Å². The van der Waals surface area contributed by atoms with Crippen LogP contribution in [0.4, 0.5) is 0 Å². The van der Waals surface area contributed by atoms with Crippen molar-refractivity contribution in [2.75, 3.05) is 19.6 Å². The maximum Gasteiger partial charge on any atom is 0.328 e. The van der Waals surface area contributed by atoms with Gasteiger partial charge in [-0.3, -0.25) is 14.6 Å². The number of unbranched alkanes of at least 4 members (excludes halogenated alkanes) is 1. The van der Waals surface area contributed by atoms with Gasteiger partial charge in [0, 0.05) is 0 Å². The molecule has 0 aliphatic carbocycles. The summed E-state index contributed by atoms with van der Waals surface area (Å²) in [5.74, 6) is -4.95. The van der Waals surface area contributed by atoms with Crippen LogP contribution in [0.25, 0.3) is 0 Å². The molecule has 11 heteroatoms. The van der Waals surface area contributed by atoms with Crippen molar-refractivity contribution in [3.8, 4) is 0 Å². The van der Waals surface area contributed by atoms with E-state index in [1.54, 1.807) is 0 Å². The molecule has 0 aromatic rings. The number of aliphatic hydroxyl groups is 2. The number of nitrogens with zero attached hydrogens (tertiary/aromatic N) is 2. The molecule has 0 saturated carbocycles. The van der Waals surface area contributed by atoms with Crippen molar-refractivity contribution in [1.82, 2.24) is 4.90 Å². The van der Waals surface area contributed by atoms with Crippen molar-refractivity contribution in [3.05, 3.63) is 0 Å². The molecule has 0 bridgehead atoms. The number of rotatable bonds is 11. The first-order valence-corrected chi connectivity index (χ1v) is 6.74. The first-order valence-electron chi connectivity index (χ1n) is 6.74. The molecule has 0 unspecified atom stereocenters. The fourth-order valence-corrected chi connectivity index (χ4v) is 1.74.